The van der Waals surface area contributed by atoms with Crippen molar-refractivity contribution in [2.24, 2.45) is 11.8 Å². The molecule has 0 radical (unpaired) electrons. The third kappa shape index (κ3) is 3.41. The summed E-state index contributed by atoms with van der Waals surface area (Å²) in [6.07, 6.45) is 1.97. The highest BCUT2D eigenvalue weighted by Crippen LogP contribution is 2.24. The van der Waals surface area contributed by atoms with Crippen LogP contribution in [0.25, 0.3) is 10.9 Å². The molecule has 2 atom stereocenters. The van der Waals surface area contributed by atoms with E-state index in [1.54, 1.807) is 0 Å². The van der Waals surface area contributed by atoms with Crippen molar-refractivity contribution < 1.29 is 9.90 Å². The highest BCUT2D eigenvalue weighted by molar-refractivity contribution is 5.83. The van der Waals surface area contributed by atoms with Crippen LogP contribution in [0.3, 0.4) is 0 Å². The van der Waals surface area contributed by atoms with Gasteiger partial charge in [-0.2, -0.15) is 0 Å². The monoisotopic (exact) mass is 315 g/mol. The van der Waals surface area contributed by atoms with Gasteiger partial charge in [0.25, 0.3) is 0 Å². The maximum absolute atomic E-state index is 12.7. The number of aliphatic hydroxyl groups is 1. The number of benzene rings is 1. The van der Waals surface area contributed by atoms with Crippen LogP contribution >= 0.6 is 0 Å². The van der Waals surface area contributed by atoms with Crippen molar-refractivity contribution >= 4 is 16.8 Å². The molecular formula is C18H25N3O2. The summed E-state index contributed by atoms with van der Waals surface area (Å²) in [4.78, 5) is 16.7. The number of carbonyl (C=O) groups excluding carboxylic acids is 1. The van der Waals surface area contributed by atoms with E-state index < -0.39 is 0 Å². The quantitative estimate of drug-likeness (QED) is 0.904. The summed E-state index contributed by atoms with van der Waals surface area (Å²) in [5.41, 5.74) is 1.09. The average molecular weight is 315 g/mol. The summed E-state index contributed by atoms with van der Waals surface area (Å²) in [7, 11) is 4.07. The molecule has 1 amide bonds. The first-order valence-corrected chi connectivity index (χ1v) is 8.15. The van der Waals surface area contributed by atoms with Crippen molar-refractivity contribution in [3.8, 4) is 0 Å². The molecule has 2 heterocycles. The van der Waals surface area contributed by atoms with Gasteiger partial charge in [0, 0.05) is 43.9 Å². The van der Waals surface area contributed by atoms with E-state index in [9.17, 15) is 9.90 Å². The molecule has 1 aromatic heterocycles. The lowest BCUT2D eigenvalue weighted by Gasteiger charge is -2.20. The third-order valence-electron chi connectivity index (χ3n) is 4.75. The Labute approximate surface area is 137 Å². The fourth-order valence-corrected chi connectivity index (χ4v) is 3.55. The summed E-state index contributed by atoms with van der Waals surface area (Å²) >= 11 is 0. The third-order valence-corrected chi connectivity index (χ3v) is 4.75. The Balaban J connectivity index is 1.69. The molecule has 1 aromatic carbocycles. The molecule has 0 aliphatic carbocycles. The van der Waals surface area contributed by atoms with E-state index in [4.69, 9.17) is 0 Å². The molecule has 0 bridgehead atoms. The van der Waals surface area contributed by atoms with E-state index in [0.717, 1.165) is 24.0 Å². The SMILES string of the molecule is CN(C)C[C@@H]1CN(C(=O)Cn2ccc3ccccc32)C[C@@H]1CO. The van der Waals surface area contributed by atoms with E-state index in [-0.39, 0.29) is 18.4 Å². The van der Waals surface area contributed by atoms with Crippen LogP contribution in [0.5, 0.6) is 0 Å². The maximum Gasteiger partial charge on any atom is 0.242 e. The van der Waals surface area contributed by atoms with Crippen LogP contribution in [0.2, 0.25) is 0 Å². The molecule has 5 nitrogen and oxygen atoms in total. The number of likely N-dealkylation sites (tertiary alicyclic amines) is 1. The van der Waals surface area contributed by atoms with Gasteiger partial charge in [-0.05, 0) is 37.5 Å². The second-order valence-electron chi connectivity index (χ2n) is 6.77. The summed E-state index contributed by atoms with van der Waals surface area (Å²) in [5.74, 6) is 0.661. The molecule has 124 valence electrons. The topological polar surface area (TPSA) is 48.7 Å². The molecule has 23 heavy (non-hydrogen) atoms. The van der Waals surface area contributed by atoms with Gasteiger partial charge in [0.05, 0.1) is 0 Å². The van der Waals surface area contributed by atoms with E-state index in [0.29, 0.717) is 19.0 Å². The Hall–Kier alpha value is -1.85. The lowest BCUT2D eigenvalue weighted by molar-refractivity contribution is -0.131. The molecule has 0 spiro atoms. The molecule has 1 aliphatic rings. The Morgan fingerprint density at radius 2 is 1.96 bits per heavy atom. The lowest BCUT2D eigenvalue weighted by Crippen LogP contribution is -2.33. The Morgan fingerprint density at radius 1 is 1.22 bits per heavy atom. The predicted molar refractivity (Wildman–Crippen MR) is 91.1 cm³/mol. The van der Waals surface area contributed by atoms with Gasteiger partial charge in [-0.3, -0.25) is 4.79 Å². The first kappa shape index (κ1) is 16.0. The number of para-hydroxylation sites is 1. The van der Waals surface area contributed by atoms with Crippen molar-refractivity contribution in [1.82, 2.24) is 14.4 Å². The molecule has 3 rings (SSSR count). The van der Waals surface area contributed by atoms with Crippen molar-refractivity contribution in [1.29, 1.82) is 0 Å². The highest BCUT2D eigenvalue weighted by atomic mass is 16.3. The summed E-state index contributed by atoms with van der Waals surface area (Å²) in [6.45, 7) is 2.81. The van der Waals surface area contributed by atoms with Crippen LogP contribution in [0.15, 0.2) is 36.5 Å². The first-order valence-electron chi connectivity index (χ1n) is 8.15. The number of nitrogens with zero attached hydrogens (tertiary/aromatic N) is 3. The number of carbonyl (C=O) groups is 1. The molecular weight excluding hydrogens is 290 g/mol. The summed E-state index contributed by atoms with van der Waals surface area (Å²) < 4.78 is 2.00. The van der Waals surface area contributed by atoms with Crippen molar-refractivity contribution in [3.05, 3.63) is 36.5 Å². The van der Waals surface area contributed by atoms with E-state index in [2.05, 4.69) is 11.0 Å². The number of hydrogen-bond acceptors (Lipinski definition) is 3. The molecule has 0 unspecified atom stereocenters. The van der Waals surface area contributed by atoms with Crippen LogP contribution in [0.1, 0.15) is 0 Å². The van der Waals surface area contributed by atoms with Crippen LogP contribution in [0.4, 0.5) is 0 Å². The average Bonchev–Trinajstić information content (AvgIpc) is 3.11. The van der Waals surface area contributed by atoms with Crippen molar-refractivity contribution in [3.63, 3.8) is 0 Å². The van der Waals surface area contributed by atoms with Crippen LogP contribution in [0, 0.1) is 11.8 Å². The molecule has 0 saturated carbocycles. The largest absolute Gasteiger partial charge is 0.396 e. The normalized spacial score (nSPS) is 21.5. The van der Waals surface area contributed by atoms with Crippen molar-refractivity contribution in [2.75, 3.05) is 40.3 Å². The molecule has 2 aromatic rings. The maximum atomic E-state index is 12.7. The minimum Gasteiger partial charge on any atom is -0.396 e. The first-order chi connectivity index (χ1) is 11.1. The van der Waals surface area contributed by atoms with Crippen LogP contribution in [-0.4, -0.2) is 65.7 Å². The van der Waals surface area contributed by atoms with Gasteiger partial charge in [0.2, 0.25) is 5.91 Å². The minimum atomic E-state index is 0.131. The van der Waals surface area contributed by atoms with Crippen molar-refractivity contribution in [2.45, 2.75) is 6.54 Å². The molecule has 1 saturated heterocycles. The lowest BCUT2D eigenvalue weighted by atomic mass is 9.97. The van der Waals surface area contributed by atoms with Gasteiger partial charge in [0.1, 0.15) is 6.54 Å². The number of amides is 1. The molecule has 1 N–H and O–H groups in total. The van der Waals surface area contributed by atoms with Gasteiger partial charge in [-0.1, -0.05) is 18.2 Å². The second-order valence-corrected chi connectivity index (χ2v) is 6.77. The zero-order chi connectivity index (χ0) is 16.4. The summed E-state index contributed by atoms with van der Waals surface area (Å²) in [6, 6.07) is 10.1. The standard InChI is InChI=1S/C18H25N3O2/c1-19(2)9-15-10-21(11-16(15)13-22)18(23)12-20-8-7-14-5-3-4-6-17(14)20/h3-8,15-16,22H,9-13H2,1-2H3/t15-,16-/m1/s1. The number of aliphatic hydroxyl groups excluding tert-OH is 1. The van der Waals surface area contributed by atoms with E-state index >= 15 is 0 Å². The zero-order valence-electron chi connectivity index (χ0n) is 13.9. The smallest absolute Gasteiger partial charge is 0.242 e. The number of hydrogen-bond donors (Lipinski definition) is 1. The van der Waals surface area contributed by atoms with Gasteiger partial charge >= 0.3 is 0 Å². The highest BCUT2D eigenvalue weighted by Gasteiger charge is 2.34. The van der Waals surface area contributed by atoms with E-state index in [1.807, 2.05) is 54.0 Å². The van der Waals surface area contributed by atoms with Gasteiger partial charge < -0.3 is 19.5 Å². The van der Waals surface area contributed by atoms with Gasteiger partial charge in [-0.25, -0.2) is 0 Å². The fraction of sp³-hybridized carbons (Fsp3) is 0.500. The number of aromatic nitrogens is 1. The number of fused-ring (bicyclic) bond motifs is 1. The van der Waals surface area contributed by atoms with Crippen LogP contribution < -0.4 is 0 Å². The zero-order valence-corrected chi connectivity index (χ0v) is 13.9. The number of rotatable bonds is 5. The Kier molecular flexibility index (Phi) is 4.68. The Morgan fingerprint density at radius 3 is 2.70 bits per heavy atom. The van der Waals surface area contributed by atoms with Gasteiger partial charge in [0.15, 0.2) is 0 Å². The van der Waals surface area contributed by atoms with E-state index in [1.165, 1.54) is 0 Å². The summed E-state index contributed by atoms with van der Waals surface area (Å²) in [5, 5.41) is 10.7. The molecule has 5 heteroatoms. The molecule has 1 fully saturated rings. The minimum absolute atomic E-state index is 0.131. The molecule has 1 aliphatic heterocycles. The van der Waals surface area contributed by atoms with Gasteiger partial charge in [-0.15, -0.1) is 0 Å². The predicted octanol–water partition coefficient (Wildman–Crippen LogP) is 1.27. The Bertz CT molecular complexity index is 680. The second kappa shape index (κ2) is 6.72. The fourth-order valence-electron chi connectivity index (χ4n) is 3.55. The van der Waals surface area contributed by atoms with Crippen LogP contribution in [-0.2, 0) is 11.3 Å².